The molecule has 7 nitrogen and oxygen atoms in total. The molecule has 0 fully saturated rings. The number of nitrogens with one attached hydrogen (secondary N) is 3. The molecule has 8 heteroatoms. The molecule has 0 unspecified atom stereocenters. The van der Waals surface area contributed by atoms with Crippen LogP contribution in [0.2, 0.25) is 0 Å². The maximum absolute atomic E-state index is 11.0. The molecule has 0 atom stereocenters. The Labute approximate surface area is 93.2 Å². The first-order valence-corrected chi connectivity index (χ1v) is 5.84. The fourth-order valence-corrected chi connectivity index (χ4v) is 1.47. The molecule has 88 valence electrons. The van der Waals surface area contributed by atoms with Crippen LogP contribution in [0, 0.1) is 0 Å². The molecule has 5 N–H and O–H groups in total. The van der Waals surface area contributed by atoms with Crippen LogP contribution in [0.15, 0.2) is 24.3 Å². The zero-order valence-corrected chi connectivity index (χ0v) is 9.34. The van der Waals surface area contributed by atoms with Crippen LogP contribution in [0.5, 0.6) is 0 Å². The molecule has 2 amide bonds. The van der Waals surface area contributed by atoms with E-state index in [0.717, 1.165) is 0 Å². The lowest BCUT2D eigenvalue weighted by molar-refractivity contribution is 0.254. The largest absolute Gasteiger partial charge is 0.341 e. The van der Waals surface area contributed by atoms with Crippen LogP contribution < -0.4 is 20.5 Å². The maximum atomic E-state index is 11.0. The number of carbonyl (C=O) groups is 1. The number of nitrogens with two attached hydrogens (primary N) is 1. The summed E-state index contributed by atoms with van der Waals surface area (Å²) < 4.78 is 23.6. The zero-order valence-electron chi connectivity index (χ0n) is 8.52. The lowest BCUT2D eigenvalue weighted by Crippen LogP contribution is -2.25. The maximum Gasteiger partial charge on any atom is 0.318 e. The normalized spacial score (nSPS) is 10.6. The molecule has 0 aliphatic carbocycles. The monoisotopic (exact) mass is 244 g/mol. The summed E-state index contributed by atoms with van der Waals surface area (Å²) >= 11 is 0. The van der Waals surface area contributed by atoms with Crippen LogP contribution in [0.4, 0.5) is 16.2 Å². The summed E-state index contributed by atoms with van der Waals surface area (Å²) in [6, 6.07) is 5.76. The van der Waals surface area contributed by atoms with Gasteiger partial charge in [0.15, 0.2) is 0 Å². The van der Waals surface area contributed by atoms with Gasteiger partial charge in [-0.2, -0.15) is 8.42 Å². The van der Waals surface area contributed by atoms with E-state index in [9.17, 15) is 13.2 Å². The first kappa shape index (κ1) is 12.3. The topological polar surface area (TPSA) is 113 Å². The van der Waals surface area contributed by atoms with Gasteiger partial charge in [-0.25, -0.2) is 9.93 Å². The number of urea groups is 1. The summed E-state index contributed by atoms with van der Waals surface area (Å²) in [5.41, 5.74) is 0.726. The molecule has 1 rings (SSSR count). The van der Waals surface area contributed by atoms with Crippen molar-refractivity contribution in [3.63, 3.8) is 0 Å². The van der Waals surface area contributed by atoms with Gasteiger partial charge in [-0.05, 0) is 18.2 Å². The van der Waals surface area contributed by atoms with Gasteiger partial charge in [0.25, 0.3) is 10.2 Å². The quantitative estimate of drug-likeness (QED) is 0.602. The van der Waals surface area contributed by atoms with Crippen LogP contribution in [0.1, 0.15) is 0 Å². The van der Waals surface area contributed by atoms with E-state index in [-0.39, 0.29) is 5.69 Å². The third-order valence-electron chi connectivity index (χ3n) is 1.61. The molecule has 0 bridgehead atoms. The summed E-state index contributed by atoms with van der Waals surface area (Å²) in [5, 5.41) is 9.67. The third kappa shape index (κ3) is 4.15. The second-order valence-corrected chi connectivity index (χ2v) is 4.23. The molecule has 16 heavy (non-hydrogen) atoms. The van der Waals surface area contributed by atoms with Crippen molar-refractivity contribution in [1.82, 2.24) is 5.32 Å². The number of hydrogen-bond acceptors (Lipinski definition) is 3. The number of anilines is 2. The van der Waals surface area contributed by atoms with Crippen molar-refractivity contribution in [3.05, 3.63) is 24.3 Å². The predicted molar refractivity (Wildman–Crippen MR) is 61.3 cm³/mol. The van der Waals surface area contributed by atoms with E-state index in [4.69, 9.17) is 5.14 Å². The molecule has 0 aromatic heterocycles. The summed E-state index contributed by atoms with van der Waals surface area (Å²) in [4.78, 5) is 11.0. The van der Waals surface area contributed by atoms with E-state index in [1.54, 1.807) is 12.1 Å². The Hall–Kier alpha value is -1.80. The van der Waals surface area contributed by atoms with Crippen LogP contribution in [-0.4, -0.2) is 21.5 Å². The summed E-state index contributed by atoms with van der Waals surface area (Å²) in [6.45, 7) is 0. The van der Waals surface area contributed by atoms with Gasteiger partial charge in [0.2, 0.25) is 0 Å². The first-order valence-electron chi connectivity index (χ1n) is 4.30. The Kier molecular flexibility index (Phi) is 3.69. The number of rotatable bonds is 3. The average molecular weight is 244 g/mol. The number of carbonyl (C=O) groups excluding carboxylic acids is 1. The van der Waals surface area contributed by atoms with Gasteiger partial charge in [-0.1, -0.05) is 6.07 Å². The summed E-state index contributed by atoms with van der Waals surface area (Å²) in [7, 11) is -2.33. The molecule has 0 aliphatic rings. The highest BCUT2D eigenvalue weighted by Gasteiger charge is 2.03. The fourth-order valence-electron chi connectivity index (χ4n) is 1.02. The molecule has 1 aromatic carbocycles. The van der Waals surface area contributed by atoms with Gasteiger partial charge in [0.05, 0.1) is 5.69 Å². The number of hydrogen-bond donors (Lipinski definition) is 4. The van der Waals surface area contributed by atoms with Crippen LogP contribution in [0.3, 0.4) is 0 Å². The van der Waals surface area contributed by atoms with E-state index in [1.807, 2.05) is 0 Å². The van der Waals surface area contributed by atoms with Crippen molar-refractivity contribution in [3.8, 4) is 0 Å². The van der Waals surface area contributed by atoms with Crippen LogP contribution >= 0.6 is 0 Å². The van der Waals surface area contributed by atoms with Gasteiger partial charge in [-0.15, -0.1) is 0 Å². The van der Waals surface area contributed by atoms with Gasteiger partial charge >= 0.3 is 6.03 Å². The lowest BCUT2D eigenvalue weighted by atomic mass is 10.3. The van der Waals surface area contributed by atoms with Crippen molar-refractivity contribution < 1.29 is 13.2 Å². The van der Waals surface area contributed by atoms with E-state index in [0.29, 0.717) is 5.69 Å². The first-order chi connectivity index (χ1) is 7.40. The van der Waals surface area contributed by atoms with Gasteiger partial charge in [0.1, 0.15) is 0 Å². The molecular formula is C8H12N4O3S. The predicted octanol–water partition coefficient (Wildman–Crippen LogP) is 0.0533. The second kappa shape index (κ2) is 4.81. The van der Waals surface area contributed by atoms with Crippen LogP contribution in [-0.2, 0) is 10.2 Å². The number of amides is 2. The minimum Gasteiger partial charge on any atom is -0.341 e. The smallest absolute Gasteiger partial charge is 0.318 e. The Morgan fingerprint density at radius 2 is 1.94 bits per heavy atom. The Bertz CT molecular complexity index is 486. The zero-order chi connectivity index (χ0) is 12.2. The Morgan fingerprint density at radius 3 is 2.50 bits per heavy atom. The van der Waals surface area contributed by atoms with Crippen molar-refractivity contribution in [1.29, 1.82) is 0 Å². The summed E-state index contributed by atoms with van der Waals surface area (Å²) in [5.74, 6) is 0. The Balaban J connectivity index is 2.83. The third-order valence-corrected chi connectivity index (χ3v) is 2.13. The minimum absolute atomic E-state index is 0.274. The Morgan fingerprint density at radius 1 is 1.31 bits per heavy atom. The van der Waals surface area contributed by atoms with Crippen molar-refractivity contribution in [2.75, 3.05) is 17.1 Å². The lowest BCUT2D eigenvalue weighted by Gasteiger charge is -2.07. The van der Waals surface area contributed by atoms with Crippen molar-refractivity contribution >= 4 is 27.6 Å². The molecule has 0 heterocycles. The van der Waals surface area contributed by atoms with E-state index in [2.05, 4.69) is 15.4 Å². The second-order valence-electron chi connectivity index (χ2n) is 2.93. The van der Waals surface area contributed by atoms with E-state index < -0.39 is 16.2 Å². The number of benzene rings is 1. The SMILES string of the molecule is CNC(=O)Nc1cccc(NS(N)(=O)=O)c1. The molecule has 0 aliphatic heterocycles. The molecule has 0 saturated carbocycles. The molecule has 1 aromatic rings. The highest BCUT2D eigenvalue weighted by molar-refractivity contribution is 7.90. The van der Waals surface area contributed by atoms with Gasteiger partial charge in [-0.3, -0.25) is 4.72 Å². The average Bonchev–Trinajstić information content (AvgIpc) is 2.15. The van der Waals surface area contributed by atoms with E-state index in [1.165, 1.54) is 19.2 Å². The highest BCUT2D eigenvalue weighted by atomic mass is 32.2. The van der Waals surface area contributed by atoms with E-state index >= 15 is 0 Å². The minimum atomic E-state index is -3.81. The molecule has 0 radical (unpaired) electrons. The van der Waals surface area contributed by atoms with Crippen molar-refractivity contribution in [2.45, 2.75) is 0 Å². The summed E-state index contributed by atoms with van der Waals surface area (Å²) in [6.07, 6.45) is 0. The molecule has 0 saturated heterocycles. The fraction of sp³-hybridized carbons (Fsp3) is 0.125. The molecular weight excluding hydrogens is 232 g/mol. The standard InChI is InChI=1S/C8H12N4O3S/c1-10-8(13)11-6-3-2-4-7(5-6)12-16(9,14)15/h2-5,12H,1H3,(H2,9,14,15)(H2,10,11,13). The molecule has 0 spiro atoms. The highest BCUT2D eigenvalue weighted by Crippen LogP contribution is 2.15. The van der Waals surface area contributed by atoms with Crippen LogP contribution in [0.25, 0.3) is 0 Å². The van der Waals surface area contributed by atoms with Crippen molar-refractivity contribution in [2.24, 2.45) is 5.14 Å². The van der Waals surface area contributed by atoms with Gasteiger partial charge in [0, 0.05) is 12.7 Å². The van der Waals surface area contributed by atoms with Gasteiger partial charge < -0.3 is 10.6 Å².